The number of urea groups is 2. The topological polar surface area (TPSA) is 354 Å². The zero-order chi connectivity index (χ0) is 90.7. The molecule has 0 spiro atoms. The van der Waals surface area contributed by atoms with E-state index in [0.717, 1.165) is 66.8 Å². The smallest absolute Gasteiger partial charge is 0.325 e. The van der Waals surface area contributed by atoms with Gasteiger partial charge in [-0.1, -0.05) is 218 Å². The van der Waals surface area contributed by atoms with Crippen molar-refractivity contribution in [2.75, 3.05) is 59.3 Å². The number of nitrogens with one attached hydrogen (secondary N) is 5. The fourth-order valence-corrected chi connectivity index (χ4v) is 13.4. The normalized spacial score (nSPS) is 13.1. The molecule has 10 rings (SSSR count). The van der Waals surface area contributed by atoms with E-state index in [0.29, 0.717) is 6.29 Å². The van der Waals surface area contributed by atoms with Crippen molar-refractivity contribution >= 4 is 65.6 Å². The van der Waals surface area contributed by atoms with Gasteiger partial charge in [0.1, 0.15) is 64.3 Å². The maximum Gasteiger partial charge on any atom is 0.325 e. The third-order valence-corrected chi connectivity index (χ3v) is 19.7. The number of benzene rings is 8. The third-order valence-electron chi connectivity index (χ3n) is 19.7. The third kappa shape index (κ3) is 33.8. The van der Waals surface area contributed by atoms with Crippen LogP contribution in [0.5, 0.6) is 0 Å². The average molecular weight is 1710 g/mol. The summed E-state index contributed by atoms with van der Waals surface area (Å²) in [5.74, 6) is -0.933. The van der Waals surface area contributed by atoms with Gasteiger partial charge in [-0.15, -0.1) is 0 Å². The summed E-state index contributed by atoms with van der Waals surface area (Å²) in [6.45, 7) is 21.5. The SMILES string of the molecule is CC(C)(C)OC[C@H](CC(=O)[C@H](COC(C)(C)C)NC(=O)N(CC(=O)OCC1c2ccccc2-c2ccccc21)Cc1ccccc1)C(=O)NN.CC(C)(C)OC[C@H](CC(=O)[C@H](COC(C)(C)C)NC(=O)N(CC(=O)OCC1c2ccccc2-c2ccccc21)Cc1ccccc1)C(=O)NNCCC(=O)OCc1ccccc1.O=CCC(=O)OCc1ccccc1. The molecular weight excluding hydrogens is 1590 g/mol. The molecule has 0 saturated carbocycles. The summed E-state index contributed by atoms with van der Waals surface area (Å²) in [5.41, 5.74) is 17.0. The number of rotatable bonds is 40. The highest BCUT2D eigenvalue weighted by Gasteiger charge is 2.37. The van der Waals surface area contributed by atoms with Crippen LogP contribution in [0.2, 0.25) is 0 Å². The Balaban J connectivity index is 0.000000274. The number of ether oxygens (including phenoxy) is 8. The molecule has 666 valence electrons. The second-order valence-electron chi connectivity index (χ2n) is 34.3. The van der Waals surface area contributed by atoms with Gasteiger partial charge in [-0.05, 0) is 150 Å². The molecule has 8 aromatic carbocycles. The molecule has 27 nitrogen and oxygen atoms in total. The number of nitrogens with zero attached hydrogens (tertiary/aromatic N) is 2. The van der Waals surface area contributed by atoms with Crippen LogP contribution in [-0.4, -0.2) is 169 Å². The predicted octanol–water partition coefficient (Wildman–Crippen LogP) is 13.3. The minimum Gasteiger partial charge on any atom is -0.463 e. The number of nitrogens with two attached hydrogens (primary N) is 1. The monoisotopic (exact) mass is 1710 g/mol. The molecule has 2 aliphatic carbocycles. The average Bonchev–Trinajstić information content (AvgIpc) is 1.62. The van der Waals surface area contributed by atoms with Gasteiger partial charge in [-0.3, -0.25) is 49.2 Å². The summed E-state index contributed by atoms with van der Waals surface area (Å²) >= 11 is 0. The van der Waals surface area contributed by atoms with E-state index in [1.54, 1.807) is 0 Å². The second kappa shape index (κ2) is 48.2. The maximum absolute atomic E-state index is 14.2. The minimum atomic E-state index is -1.19. The molecule has 27 heteroatoms. The molecule has 0 heterocycles. The minimum absolute atomic E-state index is 0.0109. The molecule has 0 aromatic heterocycles. The van der Waals surface area contributed by atoms with Gasteiger partial charge in [0.2, 0.25) is 11.8 Å². The fraction of sp³-hybridized carbons (Fsp3) is 0.398. The molecule has 4 atom stereocenters. The molecule has 0 aliphatic heterocycles. The van der Waals surface area contributed by atoms with Crippen LogP contribution in [0.25, 0.3) is 22.3 Å². The lowest BCUT2D eigenvalue weighted by molar-refractivity contribution is -0.146. The molecule has 7 N–H and O–H groups in total. The van der Waals surface area contributed by atoms with E-state index in [1.165, 1.54) is 9.80 Å². The zero-order valence-electron chi connectivity index (χ0n) is 73.6. The Kier molecular flexibility index (Phi) is 37.9. The Morgan fingerprint density at radius 2 is 0.696 bits per heavy atom. The van der Waals surface area contributed by atoms with Crippen LogP contribution in [0.3, 0.4) is 0 Å². The van der Waals surface area contributed by atoms with Gasteiger partial charge >= 0.3 is 35.9 Å². The van der Waals surface area contributed by atoms with E-state index < -0.39 is 112 Å². The number of hydrazine groups is 2. The summed E-state index contributed by atoms with van der Waals surface area (Å²) in [4.78, 5) is 145. The number of aldehydes is 1. The van der Waals surface area contributed by atoms with E-state index in [2.05, 4.69) is 51.2 Å². The van der Waals surface area contributed by atoms with Crippen LogP contribution >= 0.6 is 0 Å². The fourth-order valence-electron chi connectivity index (χ4n) is 13.4. The summed E-state index contributed by atoms with van der Waals surface area (Å²) in [7, 11) is 0. The number of amides is 6. The number of hydrogen-bond acceptors (Lipinski definition) is 21. The van der Waals surface area contributed by atoms with E-state index in [9.17, 15) is 52.7 Å². The van der Waals surface area contributed by atoms with Crippen LogP contribution in [-0.2, 0) is 107 Å². The standard InChI is InChI=1S/C49H60N4O9.C39H50N4O7.C10H10O3/c1-48(2,3)61-31-36(46(57)52-50-26-25-44(55)59-30-35-19-11-8-12-20-35)27-43(54)42(33-62-49(4,5)6)51-47(58)53(28-34-17-9-7-10-18-34)29-45(56)60-32-41-39-23-15-13-21-37(39)38-22-14-16-24-40(38)41;1-38(2,3)49-23-27(36(46)42-40)20-34(44)33(25-50-39(4,5)6)41-37(47)43(21-26-14-8-7-9-15-26)22-35(45)48-24-32-30-18-12-10-16-28(30)29-17-11-13-19-31(29)32;11-7-6-10(12)13-8-9-4-2-1-3-5-9/h7-24,36,41-42,50H,25-33H2,1-6H3,(H,51,58)(H,52,57);7-19,27,32-33H,20-25,40H2,1-6H3,(H,41,47)(H,42,46);1-5,7H,6,8H2/t36-,42-;27-,33-;/m00./s1. The largest absolute Gasteiger partial charge is 0.463 e. The van der Waals surface area contributed by atoms with Gasteiger partial charge in [-0.25, -0.2) is 20.9 Å². The Morgan fingerprint density at radius 1 is 0.384 bits per heavy atom. The van der Waals surface area contributed by atoms with Crippen LogP contribution in [0.4, 0.5) is 9.59 Å². The highest BCUT2D eigenvalue weighted by Crippen LogP contribution is 2.46. The molecule has 6 amide bonds. The van der Waals surface area contributed by atoms with Crippen molar-refractivity contribution in [1.82, 2.24) is 36.7 Å². The van der Waals surface area contributed by atoms with Gasteiger partial charge in [0.15, 0.2) is 11.6 Å². The molecule has 2 aliphatic rings. The van der Waals surface area contributed by atoms with E-state index in [4.69, 9.17) is 43.7 Å². The zero-order valence-corrected chi connectivity index (χ0v) is 73.6. The number of ketones is 2. The van der Waals surface area contributed by atoms with Crippen molar-refractivity contribution in [2.24, 2.45) is 17.7 Å². The lowest BCUT2D eigenvalue weighted by Gasteiger charge is -2.29. The molecule has 0 bridgehead atoms. The van der Waals surface area contributed by atoms with Crippen LogP contribution in [0.15, 0.2) is 218 Å². The highest BCUT2D eigenvalue weighted by atomic mass is 16.6. The lowest BCUT2D eigenvalue weighted by Crippen LogP contribution is -2.52. The number of carbonyl (C=O) groups is 11. The first-order chi connectivity index (χ1) is 59.5. The number of Topliss-reactive ketones (excluding diaryl/α,β-unsaturated/α-hetero) is 2. The molecule has 8 aromatic rings. The van der Waals surface area contributed by atoms with Crippen molar-refractivity contribution in [3.05, 3.63) is 263 Å². The second-order valence-corrected chi connectivity index (χ2v) is 34.3. The number of carbonyl (C=O) groups excluding carboxylic acids is 11. The van der Waals surface area contributed by atoms with Crippen LogP contribution < -0.4 is 32.8 Å². The van der Waals surface area contributed by atoms with Gasteiger partial charge in [0.25, 0.3) is 0 Å². The Hall–Kier alpha value is -12.1. The van der Waals surface area contributed by atoms with E-state index >= 15 is 0 Å². The molecule has 0 unspecified atom stereocenters. The van der Waals surface area contributed by atoms with E-state index in [1.807, 2.05) is 277 Å². The summed E-state index contributed by atoms with van der Waals surface area (Å²) in [5, 5.41) is 5.58. The van der Waals surface area contributed by atoms with Gasteiger partial charge in [-0.2, -0.15) is 0 Å². The van der Waals surface area contributed by atoms with Crippen LogP contribution in [0, 0.1) is 11.8 Å². The quantitative estimate of drug-likeness (QED) is 0.00304. The number of esters is 4. The van der Waals surface area contributed by atoms with Crippen molar-refractivity contribution in [3.63, 3.8) is 0 Å². The highest BCUT2D eigenvalue weighted by molar-refractivity contribution is 5.94. The van der Waals surface area contributed by atoms with Crippen molar-refractivity contribution in [1.29, 1.82) is 0 Å². The Labute approximate surface area is 732 Å². The Bertz CT molecular complexity index is 4760. The predicted molar refractivity (Wildman–Crippen MR) is 473 cm³/mol. The lowest BCUT2D eigenvalue weighted by atomic mass is 9.98. The maximum atomic E-state index is 14.2. The number of fused-ring (bicyclic) bond motifs is 6. The first-order valence-corrected chi connectivity index (χ1v) is 41.9. The van der Waals surface area contributed by atoms with Crippen molar-refractivity contribution in [2.45, 2.75) is 181 Å². The summed E-state index contributed by atoms with van der Waals surface area (Å²) < 4.78 is 45.5. The van der Waals surface area contributed by atoms with Gasteiger partial charge in [0.05, 0.1) is 67.1 Å². The molecule has 0 radical (unpaired) electrons. The molecular formula is C98H120N8O19. The Morgan fingerprint density at radius 3 is 1.03 bits per heavy atom. The van der Waals surface area contributed by atoms with Gasteiger partial charge in [0, 0.05) is 44.3 Å². The van der Waals surface area contributed by atoms with Gasteiger partial charge < -0.3 is 63.1 Å². The molecule has 0 saturated heterocycles. The molecule has 0 fully saturated rings. The van der Waals surface area contributed by atoms with Crippen molar-refractivity contribution in [3.8, 4) is 22.3 Å². The molecule has 125 heavy (non-hydrogen) atoms. The van der Waals surface area contributed by atoms with Crippen molar-refractivity contribution < 1.29 is 90.6 Å². The van der Waals surface area contributed by atoms with E-state index in [-0.39, 0.29) is 117 Å². The van der Waals surface area contributed by atoms with Crippen LogP contribution in [0.1, 0.15) is 165 Å². The first-order valence-electron chi connectivity index (χ1n) is 41.9. The summed E-state index contributed by atoms with van der Waals surface area (Å²) in [6.07, 6.45) is -0.224. The number of hydrogen-bond donors (Lipinski definition) is 6. The summed E-state index contributed by atoms with van der Waals surface area (Å²) in [6, 6.07) is 65.5. The first kappa shape index (κ1) is 98.3.